The molecule has 2 N–H and O–H groups in total. The maximum absolute atomic E-state index is 12.8. The number of carbonyl (C=O) groups is 1. The molecule has 4 nitrogen and oxygen atoms in total. The fourth-order valence-electron chi connectivity index (χ4n) is 3.31. The highest BCUT2D eigenvalue weighted by Crippen LogP contribution is 2.46. The summed E-state index contributed by atoms with van der Waals surface area (Å²) in [6.45, 7) is 10.9. The van der Waals surface area contributed by atoms with E-state index in [2.05, 4.69) is 0 Å². The molecule has 2 heterocycles. The average molecular weight is 255 g/mol. The molecule has 0 amide bonds. The second kappa shape index (κ2) is 4.02. The first-order valence-electron chi connectivity index (χ1n) is 6.66. The van der Waals surface area contributed by atoms with Gasteiger partial charge in [-0.1, -0.05) is 0 Å². The molecule has 3 unspecified atom stereocenters. The van der Waals surface area contributed by atoms with Gasteiger partial charge in [-0.15, -0.1) is 0 Å². The molecule has 0 radical (unpaired) electrons. The minimum Gasteiger partial charge on any atom is -0.379 e. The first-order chi connectivity index (χ1) is 8.08. The fraction of sp³-hybridized carbons (Fsp3) is 0.929. The second-order valence-corrected chi connectivity index (χ2v) is 7.13. The van der Waals surface area contributed by atoms with E-state index in [0.717, 1.165) is 6.42 Å². The van der Waals surface area contributed by atoms with E-state index in [1.54, 1.807) is 0 Å². The van der Waals surface area contributed by atoms with Crippen LogP contribution in [0.2, 0.25) is 0 Å². The van der Waals surface area contributed by atoms with Crippen molar-refractivity contribution in [3.8, 4) is 0 Å². The lowest BCUT2D eigenvalue weighted by atomic mass is 9.70. The van der Waals surface area contributed by atoms with E-state index in [-0.39, 0.29) is 23.3 Å². The van der Waals surface area contributed by atoms with Crippen LogP contribution in [0.4, 0.5) is 0 Å². The van der Waals surface area contributed by atoms with Crippen molar-refractivity contribution >= 4 is 5.78 Å². The minimum atomic E-state index is -0.564. The van der Waals surface area contributed by atoms with Gasteiger partial charge >= 0.3 is 0 Å². The predicted molar refractivity (Wildman–Crippen MR) is 69.3 cm³/mol. The molecule has 0 aromatic carbocycles. The van der Waals surface area contributed by atoms with E-state index in [1.165, 1.54) is 0 Å². The van der Waals surface area contributed by atoms with Gasteiger partial charge in [-0.25, -0.2) is 0 Å². The zero-order valence-corrected chi connectivity index (χ0v) is 12.1. The molecule has 2 saturated heterocycles. The third-order valence-corrected chi connectivity index (χ3v) is 4.47. The van der Waals surface area contributed by atoms with Gasteiger partial charge in [0.25, 0.3) is 0 Å². The summed E-state index contributed by atoms with van der Waals surface area (Å²) < 4.78 is 11.4. The van der Waals surface area contributed by atoms with Crippen molar-refractivity contribution in [2.24, 2.45) is 17.1 Å². The van der Waals surface area contributed by atoms with E-state index in [9.17, 15) is 4.79 Å². The summed E-state index contributed by atoms with van der Waals surface area (Å²) in [5.41, 5.74) is 4.82. The highest BCUT2D eigenvalue weighted by molar-refractivity contribution is 5.89. The first-order valence-corrected chi connectivity index (χ1v) is 6.66. The predicted octanol–water partition coefficient (Wildman–Crippen LogP) is 1.51. The molecule has 18 heavy (non-hydrogen) atoms. The summed E-state index contributed by atoms with van der Waals surface area (Å²) in [6.07, 6.45) is 0.751. The summed E-state index contributed by atoms with van der Waals surface area (Å²) in [5.74, 6) is 0.0910. The molecule has 2 fully saturated rings. The van der Waals surface area contributed by atoms with Crippen LogP contribution in [-0.4, -0.2) is 36.2 Å². The smallest absolute Gasteiger partial charge is 0.148 e. The van der Waals surface area contributed by atoms with Crippen LogP contribution in [0.15, 0.2) is 0 Å². The lowest BCUT2D eigenvalue weighted by Gasteiger charge is -2.33. The third kappa shape index (κ3) is 2.10. The Hall–Kier alpha value is -0.450. The highest BCUT2D eigenvalue weighted by Gasteiger charge is 2.55. The second-order valence-electron chi connectivity index (χ2n) is 7.13. The van der Waals surface area contributed by atoms with Crippen LogP contribution in [0.1, 0.15) is 41.0 Å². The number of hydrogen-bond acceptors (Lipinski definition) is 4. The van der Waals surface area contributed by atoms with Gasteiger partial charge in [-0.2, -0.15) is 0 Å². The average Bonchev–Trinajstić information content (AvgIpc) is 2.64. The summed E-state index contributed by atoms with van der Waals surface area (Å²) in [7, 11) is 0. The number of ketones is 1. The van der Waals surface area contributed by atoms with Crippen molar-refractivity contribution in [1.29, 1.82) is 0 Å². The molecular weight excluding hydrogens is 230 g/mol. The Labute approximate surface area is 109 Å². The molecule has 2 aliphatic heterocycles. The highest BCUT2D eigenvalue weighted by atomic mass is 16.5. The number of carbonyl (C=O) groups excluding carboxylic acids is 1. The van der Waals surface area contributed by atoms with Crippen LogP contribution < -0.4 is 5.73 Å². The van der Waals surface area contributed by atoms with Crippen molar-refractivity contribution in [2.45, 2.75) is 58.3 Å². The molecule has 0 aromatic heterocycles. The van der Waals surface area contributed by atoms with Gasteiger partial charge in [-0.3, -0.25) is 4.79 Å². The Balaban J connectivity index is 2.24. The van der Waals surface area contributed by atoms with Crippen molar-refractivity contribution in [1.82, 2.24) is 0 Å². The lowest BCUT2D eigenvalue weighted by Crippen LogP contribution is -2.50. The molecule has 2 rings (SSSR count). The molecule has 0 spiro atoms. The Morgan fingerprint density at radius 3 is 2.22 bits per heavy atom. The quantitative estimate of drug-likeness (QED) is 0.812. The summed E-state index contributed by atoms with van der Waals surface area (Å²) >= 11 is 0. The topological polar surface area (TPSA) is 61.5 Å². The van der Waals surface area contributed by atoms with Crippen LogP contribution >= 0.6 is 0 Å². The number of hydrogen-bond donors (Lipinski definition) is 1. The van der Waals surface area contributed by atoms with Gasteiger partial charge in [0.1, 0.15) is 5.78 Å². The molecule has 0 bridgehead atoms. The zero-order valence-electron chi connectivity index (χ0n) is 12.1. The number of ether oxygens (including phenoxy) is 2. The zero-order chi connectivity index (χ0) is 13.8. The third-order valence-electron chi connectivity index (χ3n) is 4.47. The molecule has 3 atom stereocenters. The summed E-state index contributed by atoms with van der Waals surface area (Å²) in [6, 6.07) is -0.204. The van der Waals surface area contributed by atoms with E-state index in [0.29, 0.717) is 13.2 Å². The van der Waals surface area contributed by atoms with Crippen LogP contribution in [0.25, 0.3) is 0 Å². The fourth-order valence-corrected chi connectivity index (χ4v) is 3.31. The van der Waals surface area contributed by atoms with Crippen molar-refractivity contribution in [3.63, 3.8) is 0 Å². The lowest BCUT2D eigenvalue weighted by molar-refractivity contribution is -0.139. The van der Waals surface area contributed by atoms with Crippen molar-refractivity contribution in [2.75, 3.05) is 13.2 Å². The maximum atomic E-state index is 12.8. The van der Waals surface area contributed by atoms with Gasteiger partial charge in [-0.05, 0) is 41.0 Å². The SMILES string of the molecule is CC1(C)CC(C(=O)C2(C)COCC2N)C(C)(C)O1. The van der Waals surface area contributed by atoms with Crippen LogP contribution in [-0.2, 0) is 14.3 Å². The maximum Gasteiger partial charge on any atom is 0.148 e. The molecule has 4 heteroatoms. The van der Waals surface area contributed by atoms with Crippen LogP contribution in [0, 0.1) is 11.3 Å². The van der Waals surface area contributed by atoms with E-state index in [4.69, 9.17) is 15.2 Å². The Morgan fingerprint density at radius 1 is 1.22 bits per heavy atom. The minimum absolute atomic E-state index is 0.106. The standard InChI is InChI=1S/C14H25NO3/c1-12(2)6-9(13(3,4)18-12)11(16)14(5)8-17-7-10(14)15/h9-10H,6-8,15H2,1-5H3. The molecule has 0 aromatic rings. The number of Topliss-reactive ketones (excluding diaryl/α,β-unsaturated/α-hetero) is 1. The normalized spacial score (nSPS) is 42.1. The Kier molecular flexibility index (Phi) is 3.12. The monoisotopic (exact) mass is 255 g/mol. The van der Waals surface area contributed by atoms with E-state index >= 15 is 0 Å². The first kappa shape index (κ1) is 14.0. The Bertz CT molecular complexity index is 364. The van der Waals surface area contributed by atoms with Gasteiger partial charge in [0.05, 0.1) is 29.8 Å². The summed E-state index contributed by atoms with van der Waals surface area (Å²) in [5, 5.41) is 0. The number of rotatable bonds is 2. The molecular formula is C14H25NO3. The molecule has 0 saturated carbocycles. The van der Waals surface area contributed by atoms with Gasteiger partial charge < -0.3 is 15.2 Å². The number of nitrogens with two attached hydrogens (primary N) is 1. The van der Waals surface area contributed by atoms with Gasteiger partial charge in [0, 0.05) is 12.0 Å². The molecule has 0 aliphatic carbocycles. The Morgan fingerprint density at radius 2 is 1.83 bits per heavy atom. The van der Waals surface area contributed by atoms with Crippen LogP contribution in [0.5, 0.6) is 0 Å². The van der Waals surface area contributed by atoms with Crippen molar-refractivity contribution < 1.29 is 14.3 Å². The van der Waals surface area contributed by atoms with Gasteiger partial charge in [0.15, 0.2) is 0 Å². The summed E-state index contributed by atoms with van der Waals surface area (Å²) in [4.78, 5) is 12.8. The largest absolute Gasteiger partial charge is 0.379 e. The molecule has 2 aliphatic rings. The molecule has 104 valence electrons. The van der Waals surface area contributed by atoms with E-state index in [1.807, 2.05) is 34.6 Å². The van der Waals surface area contributed by atoms with Gasteiger partial charge in [0.2, 0.25) is 0 Å². The van der Waals surface area contributed by atoms with Crippen LogP contribution in [0.3, 0.4) is 0 Å². The van der Waals surface area contributed by atoms with E-state index < -0.39 is 11.0 Å². The van der Waals surface area contributed by atoms with Crippen molar-refractivity contribution in [3.05, 3.63) is 0 Å².